The lowest BCUT2D eigenvalue weighted by atomic mass is 10.1. The van der Waals surface area contributed by atoms with Gasteiger partial charge in [0.25, 0.3) is 0 Å². The Morgan fingerprint density at radius 3 is 2.69 bits per heavy atom. The lowest BCUT2D eigenvalue weighted by molar-refractivity contribution is -0.139. The van der Waals surface area contributed by atoms with Crippen molar-refractivity contribution in [3.63, 3.8) is 0 Å². The average Bonchev–Trinajstić information content (AvgIpc) is 3.42. The van der Waals surface area contributed by atoms with Gasteiger partial charge >= 0.3 is 5.97 Å². The highest BCUT2D eigenvalue weighted by molar-refractivity contribution is 8.00. The van der Waals surface area contributed by atoms with Gasteiger partial charge in [0.1, 0.15) is 16.2 Å². The second-order valence-corrected chi connectivity index (χ2v) is 10.0. The highest BCUT2D eigenvalue weighted by Crippen LogP contribution is 2.37. The van der Waals surface area contributed by atoms with E-state index in [0.717, 1.165) is 32.7 Å². The summed E-state index contributed by atoms with van der Waals surface area (Å²) in [6.07, 6.45) is 1.51. The molecule has 0 bridgehead atoms. The maximum atomic E-state index is 12.8. The van der Waals surface area contributed by atoms with Crippen LogP contribution in [0.4, 0.5) is 0 Å². The number of hydrogen-bond donors (Lipinski definition) is 0. The number of ether oxygens (including phenoxy) is 2. The van der Waals surface area contributed by atoms with E-state index < -0.39 is 5.97 Å². The van der Waals surface area contributed by atoms with Crippen molar-refractivity contribution >= 4 is 45.1 Å². The van der Waals surface area contributed by atoms with Crippen molar-refractivity contribution in [1.82, 2.24) is 14.5 Å². The first-order valence-electron chi connectivity index (χ1n) is 11.2. The summed E-state index contributed by atoms with van der Waals surface area (Å²) in [4.78, 5) is 34.9. The number of rotatable bonds is 10. The third-order valence-corrected chi connectivity index (χ3v) is 7.59. The summed E-state index contributed by atoms with van der Waals surface area (Å²) in [5.74, 6) is -0.637. The van der Waals surface area contributed by atoms with Crippen LogP contribution in [0.15, 0.2) is 53.1 Å². The third-order valence-electron chi connectivity index (χ3n) is 5.74. The number of carbonyl (C=O) groups is 2. The number of carbonyl (C=O) groups excluding carboxylic acids is 2. The summed E-state index contributed by atoms with van der Waals surface area (Å²) in [6, 6.07) is 12.0. The summed E-state index contributed by atoms with van der Waals surface area (Å²) >= 11 is 2.83. The Morgan fingerprint density at radius 2 is 1.94 bits per heavy atom. The number of benzene rings is 1. The highest BCUT2D eigenvalue weighted by Gasteiger charge is 2.20. The maximum absolute atomic E-state index is 12.8. The number of nitrogens with zero attached hydrogens (tertiary/aromatic N) is 3. The van der Waals surface area contributed by atoms with E-state index in [9.17, 15) is 9.59 Å². The standard InChI is InChI=1S/C26H27N3O4S2/c1-16-10-20(18(3)29(16)17(2)11-32-4)22(30)12-33-23(31)14-35-26-24-21(19-8-6-5-7-9-19)13-34-25(24)27-15-28-26/h5-10,13,15,17H,11-12,14H2,1-4H3. The molecule has 3 heterocycles. The minimum absolute atomic E-state index is 0.0490. The van der Waals surface area contributed by atoms with Crippen molar-refractivity contribution in [2.45, 2.75) is 31.8 Å². The Kier molecular flexibility index (Phi) is 8.00. The van der Waals surface area contributed by atoms with E-state index in [-0.39, 0.29) is 24.2 Å². The molecular weight excluding hydrogens is 482 g/mol. The minimum Gasteiger partial charge on any atom is -0.457 e. The first kappa shape index (κ1) is 25.1. The van der Waals surface area contributed by atoms with Crippen LogP contribution in [0, 0.1) is 13.8 Å². The molecule has 0 amide bonds. The Balaban J connectivity index is 1.41. The molecule has 3 aromatic heterocycles. The number of methoxy groups -OCH3 is 1. The zero-order valence-electron chi connectivity index (χ0n) is 20.1. The Hall–Kier alpha value is -3.01. The zero-order chi connectivity index (χ0) is 24.9. The predicted octanol–water partition coefficient (Wildman–Crippen LogP) is 5.50. The average molecular weight is 510 g/mol. The van der Waals surface area contributed by atoms with Crippen molar-refractivity contribution in [2.75, 3.05) is 26.1 Å². The van der Waals surface area contributed by atoms with Gasteiger partial charge in [0.05, 0.1) is 23.8 Å². The number of aryl methyl sites for hydroxylation is 1. The number of aromatic nitrogens is 3. The van der Waals surface area contributed by atoms with Crippen molar-refractivity contribution in [3.05, 3.63) is 65.1 Å². The molecule has 0 aliphatic rings. The van der Waals surface area contributed by atoms with Gasteiger partial charge in [-0.25, -0.2) is 9.97 Å². The van der Waals surface area contributed by atoms with Crippen LogP contribution in [-0.2, 0) is 14.3 Å². The van der Waals surface area contributed by atoms with Gasteiger partial charge in [-0.2, -0.15) is 0 Å². The van der Waals surface area contributed by atoms with Crippen LogP contribution < -0.4 is 0 Å². The molecule has 0 spiro atoms. The summed E-state index contributed by atoms with van der Waals surface area (Å²) < 4.78 is 12.6. The SMILES string of the molecule is COCC(C)n1c(C)cc(C(=O)COC(=O)CSc2ncnc3scc(-c4ccccc4)c23)c1C. The molecule has 9 heteroatoms. The number of Topliss-reactive ketones (excluding diaryl/α,β-unsaturated/α-hetero) is 1. The van der Waals surface area contributed by atoms with E-state index in [1.165, 1.54) is 18.1 Å². The lowest BCUT2D eigenvalue weighted by Crippen LogP contribution is -2.17. The number of thiophene rings is 1. The van der Waals surface area contributed by atoms with Gasteiger partial charge in [0.15, 0.2) is 6.61 Å². The smallest absolute Gasteiger partial charge is 0.316 e. The van der Waals surface area contributed by atoms with Gasteiger partial charge in [0.2, 0.25) is 5.78 Å². The van der Waals surface area contributed by atoms with Gasteiger partial charge in [-0.1, -0.05) is 42.1 Å². The van der Waals surface area contributed by atoms with E-state index in [2.05, 4.69) is 19.9 Å². The molecule has 0 radical (unpaired) electrons. The van der Waals surface area contributed by atoms with Crippen molar-refractivity contribution < 1.29 is 19.1 Å². The van der Waals surface area contributed by atoms with Gasteiger partial charge in [-0.3, -0.25) is 9.59 Å². The molecule has 1 aromatic carbocycles. The molecule has 4 aromatic rings. The minimum atomic E-state index is -0.465. The van der Waals surface area contributed by atoms with E-state index in [0.29, 0.717) is 17.2 Å². The zero-order valence-corrected chi connectivity index (χ0v) is 21.7. The lowest BCUT2D eigenvalue weighted by Gasteiger charge is -2.17. The van der Waals surface area contributed by atoms with Crippen LogP contribution in [0.2, 0.25) is 0 Å². The first-order chi connectivity index (χ1) is 16.9. The third kappa shape index (κ3) is 5.47. The van der Waals surface area contributed by atoms with Crippen LogP contribution >= 0.6 is 23.1 Å². The Bertz CT molecular complexity index is 1350. The molecular formula is C26H27N3O4S2. The molecule has 7 nitrogen and oxygen atoms in total. The van der Waals surface area contributed by atoms with Crippen molar-refractivity contribution in [1.29, 1.82) is 0 Å². The monoisotopic (exact) mass is 509 g/mol. The Morgan fingerprint density at radius 1 is 1.17 bits per heavy atom. The van der Waals surface area contributed by atoms with Crippen LogP contribution in [0.25, 0.3) is 21.3 Å². The molecule has 182 valence electrons. The highest BCUT2D eigenvalue weighted by atomic mass is 32.2. The summed E-state index contributed by atoms with van der Waals surface area (Å²) in [6.45, 7) is 6.14. The van der Waals surface area contributed by atoms with Gasteiger partial charge in [0, 0.05) is 35.0 Å². The van der Waals surface area contributed by atoms with Crippen molar-refractivity contribution in [3.8, 4) is 11.1 Å². The van der Waals surface area contributed by atoms with Gasteiger partial charge in [-0.05, 0) is 32.4 Å². The van der Waals surface area contributed by atoms with Crippen LogP contribution in [0.5, 0.6) is 0 Å². The summed E-state index contributed by atoms with van der Waals surface area (Å²) in [5, 5.41) is 3.70. The largest absolute Gasteiger partial charge is 0.457 e. The number of esters is 1. The Labute approximate surface area is 212 Å². The van der Waals surface area contributed by atoms with Crippen LogP contribution in [0.1, 0.15) is 34.7 Å². The molecule has 0 fully saturated rings. The maximum Gasteiger partial charge on any atom is 0.316 e. The van der Waals surface area contributed by atoms with Gasteiger partial charge < -0.3 is 14.0 Å². The molecule has 0 aliphatic heterocycles. The molecule has 4 rings (SSSR count). The quantitative estimate of drug-likeness (QED) is 0.121. The number of thioether (sulfide) groups is 1. The molecule has 0 N–H and O–H groups in total. The topological polar surface area (TPSA) is 83.3 Å². The van der Waals surface area contributed by atoms with Crippen LogP contribution in [-0.4, -0.2) is 52.4 Å². The number of ketones is 1. The fraction of sp³-hybridized carbons (Fsp3) is 0.308. The van der Waals surface area contributed by atoms with E-state index >= 15 is 0 Å². The fourth-order valence-corrected chi connectivity index (χ4v) is 6.02. The second kappa shape index (κ2) is 11.2. The molecule has 0 saturated carbocycles. The van der Waals surface area contributed by atoms with Crippen molar-refractivity contribution in [2.24, 2.45) is 0 Å². The number of fused-ring (bicyclic) bond motifs is 1. The van der Waals surface area contributed by atoms with Crippen LogP contribution in [0.3, 0.4) is 0 Å². The summed E-state index contributed by atoms with van der Waals surface area (Å²) in [5.41, 5.74) is 4.48. The fourth-order valence-electron chi connectivity index (χ4n) is 4.23. The molecule has 1 unspecified atom stereocenters. The molecule has 1 atom stereocenters. The van der Waals surface area contributed by atoms with Gasteiger partial charge in [-0.15, -0.1) is 11.3 Å². The molecule has 35 heavy (non-hydrogen) atoms. The molecule has 0 aliphatic carbocycles. The van der Waals surface area contributed by atoms with E-state index in [1.54, 1.807) is 18.4 Å². The number of hydrogen-bond acceptors (Lipinski definition) is 8. The van der Waals surface area contributed by atoms with E-state index in [1.807, 2.05) is 57.2 Å². The second-order valence-electron chi connectivity index (χ2n) is 8.21. The normalized spacial score (nSPS) is 12.1. The molecule has 0 saturated heterocycles. The summed E-state index contributed by atoms with van der Waals surface area (Å²) in [7, 11) is 1.65. The predicted molar refractivity (Wildman–Crippen MR) is 139 cm³/mol. The first-order valence-corrected chi connectivity index (χ1v) is 13.0. The van der Waals surface area contributed by atoms with E-state index in [4.69, 9.17) is 9.47 Å².